The SMILES string of the molecule is CC(CN)SCc1ccc(C(C)(C)C)cc1. The van der Waals surface area contributed by atoms with Crippen LogP contribution in [-0.2, 0) is 11.2 Å². The lowest BCUT2D eigenvalue weighted by molar-refractivity contribution is 0.590. The lowest BCUT2D eigenvalue weighted by Crippen LogP contribution is -2.13. The molecule has 1 rings (SSSR count). The lowest BCUT2D eigenvalue weighted by Gasteiger charge is -2.19. The molecule has 90 valence electrons. The molecule has 0 spiro atoms. The van der Waals surface area contributed by atoms with Gasteiger partial charge >= 0.3 is 0 Å². The van der Waals surface area contributed by atoms with Gasteiger partial charge in [-0.1, -0.05) is 52.0 Å². The molecule has 0 saturated heterocycles. The van der Waals surface area contributed by atoms with Gasteiger partial charge in [0.25, 0.3) is 0 Å². The highest BCUT2D eigenvalue weighted by Gasteiger charge is 2.12. The van der Waals surface area contributed by atoms with Gasteiger partial charge in [-0.05, 0) is 16.5 Å². The van der Waals surface area contributed by atoms with E-state index in [1.807, 2.05) is 11.8 Å². The molecule has 0 bridgehead atoms. The zero-order chi connectivity index (χ0) is 12.2. The molecular weight excluding hydrogens is 214 g/mol. The topological polar surface area (TPSA) is 26.0 Å². The van der Waals surface area contributed by atoms with Gasteiger partial charge in [0.05, 0.1) is 0 Å². The minimum Gasteiger partial charge on any atom is -0.329 e. The highest BCUT2D eigenvalue weighted by atomic mass is 32.2. The molecule has 1 atom stereocenters. The number of hydrogen-bond acceptors (Lipinski definition) is 2. The third kappa shape index (κ3) is 4.18. The maximum atomic E-state index is 5.60. The molecule has 0 aliphatic rings. The van der Waals surface area contributed by atoms with E-state index in [0.29, 0.717) is 5.25 Å². The predicted octanol–water partition coefficient (Wildman–Crippen LogP) is 3.56. The van der Waals surface area contributed by atoms with Crippen LogP contribution in [0.25, 0.3) is 0 Å². The molecule has 16 heavy (non-hydrogen) atoms. The maximum absolute atomic E-state index is 5.60. The van der Waals surface area contributed by atoms with Gasteiger partial charge < -0.3 is 5.73 Å². The minimum atomic E-state index is 0.246. The van der Waals surface area contributed by atoms with E-state index in [9.17, 15) is 0 Å². The van der Waals surface area contributed by atoms with E-state index in [2.05, 4.69) is 52.0 Å². The van der Waals surface area contributed by atoms with Crippen molar-refractivity contribution in [3.05, 3.63) is 35.4 Å². The number of thioether (sulfide) groups is 1. The third-order valence-corrected chi connectivity index (χ3v) is 3.95. The van der Waals surface area contributed by atoms with Gasteiger partial charge in [-0.25, -0.2) is 0 Å². The molecule has 0 amide bonds. The van der Waals surface area contributed by atoms with Crippen LogP contribution in [0, 0.1) is 0 Å². The summed E-state index contributed by atoms with van der Waals surface area (Å²) in [5, 5.41) is 0.544. The van der Waals surface area contributed by atoms with Crippen LogP contribution in [0.1, 0.15) is 38.8 Å². The molecule has 0 fully saturated rings. The van der Waals surface area contributed by atoms with Crippen molar-refractivity contribution in [3.8, 4) is 0 Å². The van der Waals surface area contributed by atoms with E-state index in [-0.39, 0.29) is 5.41 Å². The van der Waals surface area contributed by atoms with Crippen molar-refractivity contribution in [1.82, 2.24) is 0 Å². The largest absolute Gasteiger partial charge is 0.329 e. The first-order chi connectivity index (χ1) is 7.43. The normalized spacial score (nSPS) is 13.8. The second-order valence-corrected chi connectivity index (χ2v) is 6.73. The average molecular weight is 237 g/mol. The van der Waals surface area contributed by atoms with E-state index in [4.69, 9.17) is 5.73 Å². The van der Waals surface area contributed by atoms with Gasteiger partial charge in [-0.2, -0.15) is 11.8 Å². The van der Waals surface area contributed by atoms with E-state index in [0.717, 1.165) is 12.3 Å². The Kier molecular flexibility index (Phi) is 4.88. The summed E-state index contributed by atoms with van der Waals surface area (Å²) in [5.41, 5.74) is 8.63. The molecule has 1 aromatic carbocycles. The van der Waals surface area contributed by atoms with Crippen molar-refractivity contribution in [2.75, 3.05) is 6.54 Å². The Hall–Kier alpha value is -0.470. The van der Waals surface area contributed by atoms with E-state index < -0.39 is 0 Å². The molecule has 0 heterocycles. The summed E-state index contributed by atoms with van der Waals surface area (Å²) in [5.74, 6) is 1.06. The molecule has 0 aliphatic carbocycles. The molecule has 1 unspecified atom stereocenters. The summed E-state index contributed by atoms with van der Waals surface area (Å²) in [6.07, 6.45) is 0. The zero-order valence-electron chi connectivity index (χ0n) is 10.8. The molecule has 2 N–H and O–H groups in total. The lowest BCUT2D eigenvalue weighted by atomic mass is 9.87. The standard InChI is InChI=1S/C14H23NS/c1-11(9-15)16-10-12-5-7-13(8-6-12)14(2,3)4/h5-8,11H,9-10,15H2,1-4H3. The highest BCUT2D eigenvalue weighted by Crippen LogP contribution is 2.24. The van der Waals surface area contributed by atoms with Crippen LogP contribution in [-0.4, -0.2) is 11.8 Å². The molecular formula is C14H23NS. The van der Waals surface area contributed by atoms with Crippen LogP contribution in [0.15, 0.2) is 24.3 Å². The van der Waals surface area contributed by atoms with Crippen LogP contribution < -0.4 is 5.73 Å². The molecule has 0 radical (unpaired) electrons. The molecule has 0 saturated carbocycles. The van der Waals surface area contributed by atoms with Crippen molar-refractivity contribution in [3.63, 3.8) is 0 Å². The van der Waals surface area contributed by atoms with Crippen molar-refractivity contribution in [2.45, 2.75) is 44.1 Å². The maximum Gasteiger partial charge on any atom is 0.0187 e. The van der Waals surface area contributed by atoms with E-state index >= 15 is 0 Å². The average Bonchev–Trinajstić information content (AvgIpc) is 2.25. The quantitative estimate of drug-likeness (QED) is 0.866. The van der Waals surface area contributed by atoms with Crippen molar-refractivity contribution in [1.29, 1.82) is 0 Å². The van der Waals surface area contributed by atoms with E-state index in [1.165, 1.54) is 11.1 Å². The monoisotopic (exact) mass is 237 g/mol. The number of nitrogens with two attached hydrogens (primary N) is 1. The molecule has 1 nitrogen and oxygen atoms in total. The number of rotatable bonds is 4. The van der Waals surface area contributed by atoms with Crippen LogP contribution >= 0.6 is 11.8 Å². The Morgan fingerprint density at radius 1 is 1.19 bits per heavy atom. The molecule has 0 aromatic heterocycles. The Balaban J connectivity index is 2.58. The Morgan fingerprint density at radius 2 is 1.75 bits per heavy atom. The second kappa shape index (κ2) is 5.74. The Labute approximate surface area is 104 Å². The first-order valence-corrected chi connectivity index (χ1v) is 6.89. The fraction of sp³-hybridized carbons (Fsp3) is 0.571. The zero-order valence-corrected chi connectivity index (χ0v) is 11.6. The molecule has 0 aliphatic heterocycles. The highest BCUT2D eigenvalue weighted by molar-refractivity contribution is 7.99. The summed E-state index contributed by atoms with van der Waals surface area (Å²) in [6, 6.07) is 8.94. The fourth-order valence-corrected chi connectivity index (χ4v) is 2.21. The number of hydrogen-bond donors (Lipinski definition) is 1. The van der Waals surface area contributed by atoms with Gasteiger partial charge in [-0.15, -0.1) is 0 Å². The Bertz CT molecular complexity index is 311. The fourth-order valence-electron chi connectivity index (χ4n) is 1.41. The van der Waals surface area contributed by atoms with Crippen LogP contribution in [0.2, 0.25) is 0 Å². The van der Waals surface area contributed by atoms with Crippen LogP contribution in [0.3, 0.4) is 0 Å². The summed E-state index contributed by atoms with van der Waals surface area (Å²) in [6.45, 7) is 9.66. The predicted molar refractivity (Wildman–Crippen MR) is 75.0 cm³/mol. The van der Waals surface area contributed by atoms with Gasteiger partial charge in [-0.3, -0.25) is 0 Å². The third-order valence-electron chi connectivity index (χ3n) is 2.69. The van der Waals surface area contributed by atoms with Gasteiger partial charge in [0.1, 0.15) is 0 Å². The first kappa shape index (κ1) is 13.6. The van der Waals surface area contributed by atoms with Crippen LogP contribution in [0.4, 0.5) is 0 Å². The van der Waals surface area contributed by atoms with Gasteiger partial charge in [0, 0.05) is 17.5 Å². The van der Waals surface area contributed by atoms with Crippen molar-refractivity contribution in [2.24, 2.45) is 5.73 Å². The van der Waals surface area contributed by atoms with Crippen molar-refractivity contribution < 1.29 is 0 Å². The first-order valence-electron chi connectivity index (χ1n) is 5.84. The number of benzene rings is 1. The van der Waals surface area contributed by atoms with E-state index in [1.54, 1.807) is 0 Å². The second-order valence-electron chi connectivity index (χ2n) is 5.30. The minimum absolute atomic E-state index is 0.246. The Morgan fingerprint density at radius 3 is 2.19 bits per heavy atom. The summed E-state index contributed by atoms with van der Waals surface area (Å²) in [7, 11) is 0. The summed E-state index contributed by atoms with van der Waals surface area (Å²) in [4.78, 5) is 0. The van der Waals surface area contributed by atoms with Gasteiger partial charge in [0.15, 0.2) is 0 Å². The smallest absolute Gasteiger partial charge is 0.0187 e. The van der Waals surface area contributed by atoms with Crippen LogP contribution in [0.5, 0.6) is 0 Å². The molecule has 1 aromatic rings. The van der Waals surface area contributed by atoms with Crippen molar-refractivity contribution >= 4 is 11.8 Å². The summed E-state index contributed by atoms with van der Waals surface area (Å²) < 4.78 is 0. The molecule has 2 heteroatoms. The summed E-state index contributed by atoms with van der Waals surface area (Å²) >= 11 is 1.92. The van der Waals surface area contributed by atoms with Gasteiger partial charge in [0.2, 0.25) is 0 Å².